The van der Waals surface area contributed by atoms with Crippen LogP contribution >= 0.6 is 31.8 Å². The molecule has 0 aromatic rings. The first-order valence-corrected chi connectivity index (χ1v) is 13.3. The number of carbonyl (C=O) groups excluding carboxylic acids is 2. The Morgan fingerprint density at radius 3 is 1.36 bits per heavy atom. The molecule has 0 spiro atoms. The third-order valence-corrected chi connectivity index (χ3v) is 6.78. The van der Waals surface area contributed by atoms with Crippen LogP contribution in [0.15, 0.2) is 0 Å². The molecule has 0 saturated carbocycles. The predicted molar refractivity (Wildman–Crippen MR) is 115 cm³/mol. The number of rotatable bonds is 18. The molecule has 0 atom stereocenters. The molecule has 0 aromatic heterocycles. The molecule has 0 bridgehead atoms. The quantitative estimate of drug-likeness (QED) is 0.152. The fourth-order valence-electron chi connectivity index (χ4n) is 2.38. The summed E-state index contributed by atoms with van der Waals surface area (Å²) in [5, 5.41) is 0. The Hall–Kier alpha value is -0.0100. The summed E-state index contributed by atoms with van der Waals surface area (Å²) < 4.78 is 5.60. The fourth-order valence-corrected chi connectivity index (χ4v) is 4.65. The third-order valence-electron chi connectivity index (χ3n) is 3.89. The summed E-state index contributed by atoms with van der Waals surface area (Å²) >= 11 is 0. The van der Waals surface area contributed by atoms with Crippen LogP contribution in [0.2, 0.25) is 0 Å². The van der Waals surface area contributed by atoms with Crippen molar-refractivity contribution in [2.45, 2.75) is 104 Å². The minimum absolute atomic E-state index is 0.0759. The Kier molecular flexibility index (Phi) is 20.3. The fraction of sp³-hybridized carbons (Fsp3) is 0.889. The van der Waals surface area contributed by atoms with Crippen molar-refractivity contribution in [3.63, 3.8) is 0 Å². The van der Waals surface area contributed by atoms with Gasteiger partial charge in [0.05, 0.1) is 0 Å². The van der Waals surface area contributed by atoms with E-state index >= 15 is 0 Å². The molecule has 4 nitrogen and oxygen atoms in total. The zero-order valence-corrected chi connectivity index (χ0v) is 18.4. The molecule has 2 amide bonds. The van der Waals surface area contributed by atoms with Crippen LogP contribution in [0.4, 0.5) is 0 Å². The Labute approximate surface area is 166 Å². The lowest BCUT2D eigenvalue weighted by atomic mass is 10.1. The monoisotopic (exact) mass is 408 g/mol. The van der Waals surface area contributed by atoms with Crippen molar-refractivity contribution in [3.05, 3.63) is 0 Å². The summed E-state index contributed by atoms with van der Waals surface area (Å²) in [5.74, 6) is 0.152. The average Bonchev–Trinajstić information content (AvgIpc) is 2.60. The van der Waals surface area contributed by atoms with Gasteiger partial charge in [-0.05, 0) is 12.8 Å². The van der Waals surface area contributed by atoms with E-state index in [0.29, 0.717) is 12.8 Å². The summed E-state index contributed by atoms with van der Waals surface area (Å²) in [6.07, 6.45) is 15.5. The summed E-state index contributed by atoms with van der Waals surface area (Å²) in [4.78, 5) is 23.3. The van der Waals surface area contributed by atoms with Crippen LogP contribution < -0.4 is 9.44 Å². The maximum atomic E-state index is 11.6. The second-order valence-electron chi connectivity index (χ2n) is 6.32. The average molecular weight is 409 g/mol. The smallest absolute Gasteiger partial charge is 0.230 e. The highest BCUT2D eigenvalue weighted by Gasteiger charge is 2.04. The van der Waals surface area contributed by atoms with Gasteiger partial charge in [-0.2, -0.15) is 0 Å². The summed E-state index contributed by atoms with van der Waals surface area (Å²) in [5.41, 5.74) is 0. The van der Waals surface area contributed by atoms with Crippen LogP contribution in [0.25, 0.3) is 0 Å². The molecule has 0 unspecified atom stereocenters. The molecule has 0 aliphatic rings. The third kappa shape index (κ3) is 20.2. The van der Waals surface area contributed by atoms with E-state index in [9.17, 15) is 9.59 Å². The molecule has 25 heavy (non-hydrogen) atoms. The van der Waals surface area contributed by atoms with E-state index in [4.69, 9.17) is 0 Å². The molecule has 0 heterocycles. The molecule has 0 aliphatic heterocycles. The van der Waals surface area contributed by atoms with Gasteiger partial charge in [-0.3, -0.25) is 19.0 Å². The highest BCUT2D eigenvalue weighted by Crippen LogP contribution is 2.29. The van der Waals surface area contributed by atoms with Gasteiger partial charge >= 0.3 is 0 Å². The molecular weight excluding hydrogens is 372 g/mol. The second-order valence-corrected chi connectivity index (χ2v) is 9.83. The molecule has 0 aromatic carbocycles. The van der Waals surface area contributed by atoms with E-state index < -0.39 is 0 Å². The summed E-state index contributed by atoms with van der Waals surface area (Å²) in [6.45, 7) is 4.41. The van der Waals surface area contributed by atoms with E-state index in [2.05, 4.69) is 23.3 Å². The number of hydrogen-bond acceptors (Lipinski definition) is 5. The minimum atomic E-state index is 0.0759. The second kappa shape index (κ2) is 20.3. The maximum Gasteiger partial charge on any atom is 0.230 e. The Bertz CT molecular complexity index is 301. The predicted octanol–water partition coefficient (Wildman–Crippen LogP) is 6.58. The lowest BCUT2D eigenvalue weighted by Gasteiger charge is -2.05. The van der Waals surface area contributed by atoms with E-state index in [1.54, 1.807) is 0 Å². The van der Waals surface area contributed by atoms with E-state index in [0.717, 1.165) is 25.7 Å². The van der Waals surface area contributed by atoms with E-state index in [1.165, 1.54) is 83.2 Å². The van der Waals surface area contributed by atoms with Crippen LogP contribution in [-0.2, 0) is 9.59 Å². The molecule has 0 rings (SSSR count). The molecule has 0 fully saturated rings. The highest BCUT2D eigenvalue weighted by molar-refractivity contribution is 9.08. The van der Waals surface area contributed by atoms with Crippen LogP contribution in [0, 0.1) is 0 Å². The lowest BCUT2D eigenvalue weighted by Crippen LogP contribution is -2.15. The standard InChI is InChI=1S/C18H36N2O2S3/c1-3-5-7-9-11-13-15-17(21)19-23-25-24-20-18(22)16-14-12-10-8-6-4-2/h3-16H2,1-2H3,(H,19,21)(H,20,22). The van der Waals surface area contributed by atoms with Crippen molar-refractivity contribution < 1.29 is 9.59 Å². The number of amides is 2. The molecule has 2 N–H and O–H groups in total. The number of hydrogen-bond donors (Lipinski definition) is 2. The van der Waals surface area contributed by atoms with Gasteiger partial charge in [0.2, 0.25) is 11.8 Å². The van der Waals surface area contributed by atoms with Crippen LogP contribution in [0.1, 0.15) is 104 Å². The molecule has 0 radical (unpaired) electrons. The van der Waals surface area contributed by atoms with Crippen molar-refractivity contribution in [3.8, 4) is 0 Å². The van der Waals surface area contributed by atoms with Crippen LogP contribution in [0.5, 0.6) is 0 Å². The summed E-state index contributed by atoms with van der Waals surface area (Å²) in [6, 6.07) is 0. The van der Waals surface area contributed by atoms with Gasteiger partial charge in [0.25, 0.3) is 0 Å². The number of unbranched alkanes of at least 4 members (excludes halogenated alkanes) is 10. The van der Waals surface area contributed by atoms with Crippen molar-refractivity contribution in [2.75, 3.05) is 0 Å². The van der Waals surface area contributed by atoms with Crippen molar-refractivity contribution in [2.24, 2.45) is 0 Å². The molecule has 0 saturated heterocycles. The van der Waals surface area contributed by atoms with E-state index in [-0.39, 0.29) is 11.8 Å². The number of carbonyl (C=O) groups is 2. The number of nitrogens with one attached hydrogen (secondary N) is 2. The van der Waals surface area contributed by atoms with Crippen molar-refractivity contribution in [1.82, 2.24) is 9.44 Å². The minimum Gasteiger partial charge on any atom is -0.290 e. The first-order chi connectivity index (χ1) is 12.2. The van der Waals surface area contributed by atoms with Gasteiger partial charge in [0.15, 0.2) is 0 Å². The zero-order valence-electron chi connectivity index (χ0n) is 15.9. The first kappa shape index (κ1) is 25.0. The maximum absolute atomic E-state index is 11.6. The van der Waals surface area contributed by atoms with Crippen molar-refractivity contribution in [1.29, 1.82) is 0 Å². The summed E-state index contributed by atoms with van der Waals surface area (Å²) in [7, 11) is 3.94. The Balaban J connectivity index is 3.30. The van der Waals surface area contributed by atoms with Gasteiger partial charge in [0, 0.05) is 44.6 Å². The van der Waals surface area contributed by atoms with Crippen LogP contribution in [-0.4, -0.2) is 11.8 Å². The van der Waals surface area contributed by atoms with E-state index in [1.807, 2.05) is 0 Å². The van der Waals surface area contributed by atoms with Gasteiger partial charge in [0.1, 0.15) is 0 Å². The van der Waals surface area contributed by atoms with Gasteiger partial charge < -0.3 is 0 Å². The molecule has 0 aliphatic carbocycles. The highest BCUT2D eigenvalue weighted by atomic mass is 33.5. The Morgan fingerprint density at radius 1 is 0.600 bits per heavy atom. The lowest BCUT2D eigenvalue weighted by molar-refractivity contribution is -0.120. The van der Waals surface area contributed by atoms with Gasteiger partial charge in [-0.15, -0.1) is 0 Å². The Morgan fingerprint density at radius 2 is 0.960 bits per heavy atom. The largest absolute Gasteiger partial charge is 0.290 e. The SMILES string of the molecule is CCCCCCCCC(=O)NSSSNC(=O)CCCCCCCC. The molecule has 7 heteroatoms. The van der Waals surface area contributed by atoms with Gasteiger partial charge in [-0.1, -0.05) is 78.1 Å². The van der Waals surface area contributed by atoms with Crippen molar-refractivity contribution >= 4 is 43.6 Å². The normalized spacial score (nSPS) is 10.6. The zero-order chi connectivity index (χ0) is 18.6. The van der Waals surface area contributed by atoms with Crippen LogP contribution in [0.3, 0.4) is 0 Å². The molecule has 148 valence electrons. The topological polar surface area (TPSA) is 58.2 Å². The first-order valence-electron chi connectivity index (χ1n) is 9.77. The molecular formula is C18H36N2O2S3. The van der Waals surface area contributed by atoms with Gasteiger partial charge in [-0.25, -0.2) is 0 Å².